The van der Waals surface area contributed by atoms with Crippen molar-refractivity contribution >= 4 is 32.9 Å². The highest BCUT2D eigenvalue weighted by Crippen LogP contribution is 2.24. The summed E-state index contributed by atoms with van der Waals surface area (Å²) in [6, 6.07) is 7.27. The lowest BCUT2D eigenvalue weighted by Gasteiger charge is -2.13. The lowest BCUT2D eigenvalue weighted by molar-refractivity contribution is 0.0847. The summed E-state index contributed by atoms with van der Waals surface area (Å²) in [4.78, 5) is 30.1. The molecule has 0 aliphatic heterocycles. The maximum Gasteiger partial charge on any atom is 0.270 e. The Labute approximate surface area is 186 Å². The van der Waals surface area contributed by atoms with Gasteiger partial charge in [0.1, 0.15) is 0 Å². The van der Waals surface area contributed by atoms with Gasteiger partial charge in [0.15, 0.2) is 5.65 Å². The maximum absolute atomic E-state index is 13.0. The van der Waals surface area contributed by atoms with Gasteiger partial charge in [-0.1, -0.05) is 19.9 Å². The zero-order chi connectivity index (χ0) is 23.8. The van der Waals surface area contributed by atoms with E-state index in [-0.39, 0.29) is 16.4 Å². The first-order valence-electron chi connectivity index (χ1n) is 9.91. The standard InChI is InChI=1S/C21H26N6O4S/c1-12(2)17-11-16(18-13(3)25-27(6)19(18)22-17)21(29)24-23-20(28)14-8-7-9-15(10-14)32(30,31)26(4)5/h7-12H,1-6H3,(H,23,28)(H,24,29). The molecule has 3 aromatic rings. The number of nitrogens with one attached hydrogen (secondary N) is 2. The van der Waals surface area contributed by atoms with Gasteiger partial charge in [-0.2, -0.15) is 5.10 Å². The van der Waals surface area contributed by atoms with Crippen molar-refractivity contribution in [2.45, 2.75) is 31.6 Å². The van der Waals surface area contributed by atoms with Crippen molar-refractivity contribution in [2.24, 2.45) is 7.05 Å². The SMILES string of the molecule is Cc1nn(C)c2nc(C(C)C)cc(C(=O)NNC(=O)c3cccc(S(=O)(=O)N(C)C)c3)c12. The van der Waals surface area contributed by atoms with Crippen molar-refractivity contribution < 1.29 is 18.0 Å². The number of nitrogens with zero attached hydrogens (tertiary/aromatic N) is 4. The van der Waals surface area contributed by atoms with Crippen LogP contribution >= 0.6 is 0 Å². The number of hydrogen-bond acceptors (Lipinski definition) is 6. The maximum atomic E-state index is 13.0. The van der Waals surface area contributed by atoms with E-state index in [1.165, 1.54) is 38.4 Å². The number of fused-ring (bicyclic) bond motifs is 1. The van der Waals surface area contributed by atoms with Crippen LogP contribution in [-0.4, -0.2) is 53.4 Å². The number of benzene rings is 1. The zero-order valence-electron chi connectivity index (χ0n) is 18.8. The van der Waals surface area contributed by atoms with Crippen LogP contribution in [0.1, 0.15) is 51.9 Å². The molecular formula is C21H26N6O4S. The van der Waals surface area contributed by atoms with E-state index in [0.29, 0.717) is 22.3 Å². The fraction of sp³-hybridized carbons (Fsp3) is 0.333. The molecule has 0 fully saturated rings. The van der Waals surface area contributed by atoms with Crippen LogP contribution in [0.2, 0.25) is 0 Å². The lowest BCUT2D eigenvalue weighted by Crippen LogP contribution is -2.41. The molecule has 11 heteroatoms. The normalized spacial score (nSPS) is 11.9. The number of rotatable bonds is 5. The largest absolute Gasteiger partial charge is 0.270 e. The molecule has 0 bridgehead atoms. The van der Waals surface area contributed by atoms with Gasteiger partial charge in [-0.05, 0) is 37.1 Å². The Hall–Kier alpha value is -3.31. The number of amides is 2. The molecule has 0 atom stereocenters. The van der Waals surface area contributed by atoms with Gasteiger partial charge in [0.05, 0.1) is 21.5 Å². The van der Waals surface area contributed by atoms with Crippen LogP contribution in [0.15, 0.2) is 35.2 Å². The molecule has 0 unspecified atom stereocenters. The van der Waals surface area contributed by atoms with E-state index in [2.05, 4.69) is 20.9 Å². The quantitative estimate of drug-likeness (QED) is 0.561. The fourth-order valence-corrected chi connectivity index (χ4v) is 4.15. The molecule has 2 amide bonds. The second kappa shape index (κ2) is 8.67. The molecule has 2 N–H and O–H groups in total. The summed E-state index contributed by atoms with van der Waals surface area (Å²) in [6.07, 6.45) is 0. The Morgan fingerprint density at radius 3 is 2.38 bits per heavy atom. The Morgan fingerprint density at radius 2 is 1.75 bits per heavy atom. The molecule has 0 aliphatic carbocycles. The predicted octanol–water partition coefficient (Wildman–Crippen LogP) is 1.73. The van der Waals surface area contributed by atoms with Gasteiger partial charge in [0.25, 0.3) is 11.8 Å². The Kier molecular flexibility index (Phi) is 6.33. The third-order valence-corrected chi connectivity index (χ3v) is 6.80. The van der Waals surface area contributed by atoms with Gasteiger partial charge in [0.2, 0.25) is 10.0 Å². The lowest BCUT2D eigenvalue weighted by atomic mass is 10.0. The number of carbonyl (C=O) groups excluding carboxylic acids is 2. The molecule has 10 nitrogen and oxygen atoms in total. The number of aryl methyl sites for hydroxylation is 2. The predicted molar refractivity (Wildman–Crippen MR) is 120 cm³/mol. The number of aromatic nitrogens is 3. The third kappa shape index (κ3) is 4.34. The summed E-state index contributed by atoms with van der Waals surface area (Å²) in [7, 11) is 0.870. The number of hydrazine groups is 1. The Morgan fingerprint density at radius 1 is 1.09 bits per heavy atom. The van der Waals surface area contributed by atoms with Crippen LogP contribution in [0.4, 0.5) is 0 Å². The number of sulfonamides is 1. The van der Waals surface area contributed by atoms with Crippen LogP contribution in [-0.2, 0) is 17.1 Å². The van der Waals surface area contributed by atoms with Crippen molar-refractivity contribution in [3.8, 4) is 0 Å². The molecule has 0 radical (unpaired) electrons. The van der Waals surface area contributed by atoms with Crippen molar-refractivity contribution in [2.75, 3.05) is 14.1 Å². The van der Waals surface area contributed by atoms with Crippen LogP contribution in [0, 0.1) is 6.92 Å². The second-order valence-corrected chi connectivity index (χ2v) is 10.0. The highest BCUT2D eigenvalue weighted by molar-refractivity contribution is 7.89. The smallest absolute Gasteiger partial charge is 0.267 e. The minimum atomic E-state index is -3.70. The Bertz CT molecular complexity index is 1310. The average Bonchev–Trinajstić information content (AvgIpc) is 3.04. The molecule has 0 saturated heterocycles. The van der Waals surface area contributed by atoms with Gasteiger partial charge < -0.3 is 0 Å². The number of pyridine rings is 1. The van der Waals surface area contributed by atoms with E-state index < -0.39 is 21.8 Å². The van der Waals surface area contributed by atoms with Gasteiger partial charge in [-0.25, -0.2) is 17.7 Å². The monoisotopic (exact) mass is 458 g/mol. The van der Waals surface area contributed by atoms with Gasteiger partial charge in [-0.3, -0.25) is 25.1 Å². The van der Waals surface area contributed by atoms with Crippen molar-refractivity contribution in [1.82, 2.24) is 29.9 Å². The first-order chi connectivity index (χ1) is 14.9. The Balaban J connectivity index is 1.87. The molecule has 3 rings (SSSR count). The molecule has 2 aromatic heterocycles. The van der Waals surface area contributed by atoms with E-state index in [1.807, 2.05) is 13.8 Å². The average molecular weight is 459 g/mol. The summed E-state index contributed by atoms with van der Waals surface area (Å²) in [5, 5.41) is 4.95. The summed E-state index contributed by atoms with van der Waals surface area (Å²) in [5.74, 6) is -1.09. The van der Waals surface area contributed by atoms with Crippen LogP contribution in [0.5, 0.6) is 0 Å². The topological polar surface area (TPSA) is 126 Å². The minimum absolute atomic E-state index is 0.0233. The summed E-state index contributed by atoms with van der Waals surface area (Å²) < 4.78 is 27.3. The first kappa shape index (κ1) is 23.4. The van der Waals surface area contributed by atoms with Crippen LogP contribution in [0.3, 0.4) is 0 Å². The molecular weight excluding hydrogens is 432 g/mol. The van der Waals surface area contributed by atoms with Gasteiger partial charge >= 0.3 is 0 Å². The highest BCUT2D eigenvalue weighted by atomic mass is 32.2. The van der Waals surface area contributed by atoms with E-state index in [9.17, 15) is 18.0 Å². The number of hydrogen-bond donors (Lipinski definition) is 2. The first-order valence-corrected chi connectivity index (χ1v) is 11.3. The van der Waals surface area contributed by atoms with E-state index in [0.717, 1.165) is 10.00 Å². The zero-order valence-corrected chi connectivity index (χ0v) is 19.6. The molecule has 0 aliphatic rings. The van der Waals surface area contributed by atoms with Crippen molar-refractivity contribution in [3.63, 3.8) is 0 Å². The van der Waals surface area contributed by atoms with Crippen molar-refractivity contribution in [1.29, 1.82) is 0 Å². The van der Waals surface area contributed by atoms with E-state index >= 15 is 0 Å². The van der Waals surface area contributed by atoms with Crippen LogP contribution < -0.4 is 10.9 Å². The highest BCUT2D eigenvalue weighted by Gasteiger charge is 2.21. The summed E-state index contributed by atoms with van der Waals surface area (Å²) in [6.45, 7) is 5.72. The molecule has 2 heterocycles. The molecule has 0 spiro atoms. The number of carbonyl (C=O) groups is 2. The molecule has 170 valence electrons. The molecule has 1 aromatic carbocycles. The van der Waals surface area contributed by atoms with Gasteiger partial charge in [-0.15, -0.1) is 0 Å². The summed E-state index contributed by atoms with van der Waals surface area (Å²) >= 11 is 0. The van der Waals surface area contributed by atoms with Gasteiger partial charge in [0, 0.05) is 32.4 Å². The summed E-state index contributed by atoms with van der Waals surface area (Å²) in [5.41, 5.74) is 7.13. The fourth-order valence-electron chi connectivity index (χ4n) is 3.20. The second-order valence-electron chi connectivity index (χ2n) is 7.88. The van der Waals surface area contributed by atoms with E-state index in [4.69, 9.17) is 0 Å². The van der Waals surface area contributed by atoms with Crippen LogP contribution in [0.25, 0.3) is 11.0 Å². The third-order valence-electron chi connectivity index (χ3n) is 4.99. The minimum Gasteiger partial charge on any atom is -0.267 e. The van der Waals surface area contributed by atoms with Crippen molar-refractivity contribution in [3.05, 3.63) is 52.8 Å². The molecule has 32 heavy (non-hydrogen) atoms. The molecule has 0 saturated carbocycles. The van der Waals surface area contributed by atoms with E-state index in [1.54, 1.807) is 24.7 Å².